The Bertz CT molecular complexity index is 464. The number of carbonyl (C=O) groups excluding carboxylic acids is 1. The van der Waals surface area contributed by atoms with Crippen LogP contribution in [0.5, 0.6) is 5.75 Å². The molecule has 6 heteroatoms. The first-order valence-corrected chi connectivity index (χ1v) is 7.20. The van der Waals surface area contributed by atoms with E-state index in [0.29, 0.717) is 38.5 Å². The number of hydrogen-bond donors (Lipinski definition) is 2. The first kappa shape index (κ1) is 15.7. The minimum Gasteiger partial charge on any atom is -0.489 e. The highest BCUT2D eigenvalue weighted by Gasteiger charge is 2.21. The molecule has 1 fully saturated rings. The van der Waals surface area contributed by atoms with Crippen molar-refractivity contribution < 1.29 is 18.7 Å². The summed E-state index contributed by atoms with van der Waals surface area (Å²) in [5.41, 5.74) is 0. The molecule has 0 aromatic heterocycles. The molecule has 1 saturated heterocycles. The summed E-state index contributed by atoms with van der Waals surface area (Å²) in [5, 5.41) is 5.93. The van der Waals surface area contributed by atoms with Crippen molar-refractivity contribution >= 4 is 5.91 Å². The lowest BCUT2D eigenvalue weighted by atomic mass is 10.2. The quantitative estimate of drug-likeness (QED) is 0.825. The van der Waals surface area contributed by atoms with Crippen LogP contribution >= 0.6 is 0 Å². The third-order valence-corrected chi connectivity index (χ3v) is 3.30. The number of hydrogen-bond acceptors (Lipinski definition) is 4. The van der Waals surface area contributed by atoms with Gasteiger partial charge in [-0.3, -0.25) is 4.79 Å². The Hall–Kier alpha value is -1.66. The summed E-state index contributed by atoms with van der Waals surface area (Å²) in [6.45, 7) is 4.02. The fourth-order valence-electron chi connectivity index (χ4n) is 2.07. The number of nitrogens with one attached hydrogen (secondary N) is 2. The van der Waals surface area contributed by atoms with Crippen molar-refractivity contribution in [3.8, 4) is 5.75 Å². The van der Waals surface area contributed by atoms with E-state index in [-0.39, 0.29) is 23.9 Å². The number of carbonyl (C=O) groups is 1. The lowest BCUT2D eigenvalue weighted by Crippen LogP contribution is -2.52. The fourth-order valence-corrected chi connectivity index (χ4v) is 2.07. The summed E-state index contributed by atoms with van der Waals surface area (Å²) in [7, 11) is 0. The second-order valence-electron chi connectivity index (χ2n) is 4.93. The van der Waals surface area contributed by atoms with Gasteiger partial charge in [-0.1, -0.05) is 13.0 Å². The predicted molar refractivity (Wildman–Crippen MR) is 76.7 cm³/mol. The number of morpholine rings is 1. The molecule has 5 nitrogen and oxygen atoms in total. The fraction of sp³-hybridized carbons (Fsp3) is 0.533. The van der Waals surface area contributed by atoms with Crippen LogP contribution in [0.15, 0.2) is 24.3 Å². The monoisotopic (exact) mass is 296 g/mol. The molecule has 2 unspecified atom stereocenters. The molecule has 1 aliphatic rings. The normalized spacial score (nSPS) is 19.8. The highest BCUT2D eigenvalue weighted by atomic mass is 19.1. The number of benzene rings is 1. The molecular weight excluding hydrogens is 275 g/mol. The van der Waals surface area contributed by atoms with Crippen molar-refractivity contribution in [2.45, 2.75) is 25.5 Å². The van der Waals surface area contributed by atoms with Crippen LogP contribution in [0.3, 0.4) is 0 Å². The number of rotatable bonds is 6. The van der Waals surface area contributed by atoms with E-state index in [1.54, 1.807) is 12.1 Å². The van der Waals surface area contributed by atoms with Crippen LogP contribution in [0.2, 0.25) is 0 Å². The maximum Gasteiger partial charge on any atom is 0.239 e. The van der Waals surface area contributed by atoms with E-state index >= 15 is 0 Å². The van der Waals surface area contributed by atoms with Crippen molar-refractivity contribution in [1.29, 1.82) is 0 Å². The molecular formula is C15H21FN2O3. The molecule has 1 amide bonds. The van der Waals surface area contributed by atoms with Gasteiger partial charge in [0.15, 0.2) is 0 Å². The Morgan fingerprint density at radius 2 is 2.48 bits per heavy atom. The van der Waals surface area contributed by atoms with Gasteiger partial charge in [0.25, 0.3) is 0 Å². The van der Waals surface area contributed by atoms with Crippen molar-refractivity contribution in [2.24, 2.45) is 0 Å². The van der Waals surface area contributed by atoms with E-state index in [1.165, 1.54) is 12.1 Å². The van der Waals surface area contributed by atoms with E-state index < -0.39 is 0 Å². The number of amides is 1. The average Bonchev–Trinajstić information content (AvgIpc) is 2.52. The highest BCUT2D eigenvalue weighted by molar-refractivity contribution is 5.82. The van der Waals surface area contributed by atoms with Crippen LogP contribution in [-0.4, -0.2) is 44.4 Å². The van der Waals surface area contributed by atoms with Crippen molar-refractivity contribution in [3.05, 3.63) is 30.1 Å². The Kier molecular flexibility index (Phi) is 5.95. The molecule has 21 heavy (non-hydrogen) atoms. The highest BCUT2D eigenvalue weighted by Crippen LogP contribution is 2.14. The second kappa shape index (κ2) is 7.95. The standard InChI is InChI=1S/C15H21FN2O3/c1-2-12(21-13-5-3-4-11(16)8-13)9-18-15(19)14-10-20-7-6-17-14/h3-5,8,12,14,17H,2,6-7,9-10H2,1H3,(H,18,19). The van der Waals surface area contributed by atoms with Crippen LogP contribution in [0.1, 0.15) is 13.3 Å². The second-order valence-corrected chi connectivity index (χ2v) is 4.93. The van der Waals surface area contributed by atoms with Crippen LogP contribution in [-0.2, 0) is 9.53 Å². The predicted octanol–water partition coefficient (Wildman–Crippen LogP) is 1.09. The van der Waals surface area contributed by atoms with Crippen molar-refractivity contribution in [1.82, 2.24) is 10.6 Å². The maximum atomic E-state index is 13.1. The van der Waals surface area contributed by atoms with Gasteiger partial charge in [0.05, 0.1) is 19.8 Å². The first-order valence-electron chi connectivity index (χ1n) is 7.20. The minimum absolute atomic E-state index is 0.101. The van der Waals surface area contributed by atoms with Gasteiger partial charge >= 0.3 is 0 Å². The Balaban J connectivity index is 1.80. The zero-order valence-corrected chi connectivity index (χ0v) is 12.1. The van der Waals surface area contributed by atoms with Gasteiger partial charge in [-0.15, -0.1) is 0 Å². The molecule has 0 bridgehead atoms. The van der Waals surface area contributed by atoms with Gasteiger partial charge in [0.2, 0.25) is 5.91 Å². The van der Waals surface area contributed by atoms with E-state index in [4.69, 9.17) is 9.47 Å². The molecule has 1 aromatic carbocycles. The van der Waals surface area contributed by atoms with Crippen LogP contribution in [0, 0.1) is 5.82 Å². The average molecular weight is 296 g/mol. The van der Waals surface area contributed by atoms with Crippen LogP contribution < -0.4 is 15.4 Å². The summed E-state index contributed by atoms with van der Waals surface area (Å²) in [6, 6.07) is 5.68. The van der Waals surface area contributed by atoms with Crippen LogP contribution in [0.4, 0.5) is 4.39 Å². The van der Waals surface area contributed by atoms with E-state index in [1.807, 2.05) is 6.92 Å². The largest absolute Gasteiger partial charge is 0.489 e. The molecule has 0 radical (unpaired) electrons. The molecule has 1 heterocycles. The van der Waals surface area contributed by atoms with Crippen LogP contribution in [0.25, 0.3) is 0 Å². The van der Waals surface area contributed by atoms with Gasteiger partial charge < -0.3 is 20.1 Å². The van der Waals surface area contributed by atoms with E-state index in [0.717, 1.165) is 0 Å². The summed E-state index contributed by atoms with van der Waals surface area (Å²) >= 11 is 0. The molecule has 2 rings (SSSR count). The molecule has 1 aromatic rings. The topological polar surface area (TPSA) is 59.6 Å². The molecule has 0 spiro atoms. The Morgan fingerprint density at radius 1 is 1.62 bits per heavy atom. The summed E-state index contributed by atoms with van der Waals surface area (Å²) in [6.07, 6.45) is 0.519. The summed E-state index contributed by atoms with van der Waals surface area (Å²) in [5.74, 6) is 0.0289. The number of halogens is 1. The van der Waals surface area contributed by atoms with Gasteiger partial charge in [0, 0.05) is 12.6 Å². The zero-order valence-electron chi connectivity index (χ0n) is 12.1. The Labute approximate surface area is 123 Å². The van der Waals surface area contributed by atoms with Gasteiger partial charge in [-0.2, -0.15) is 0 Å². The third kappa shape index (κ3) is 4.99. The molecule has 116 valence electrons. The molecule has 2 atom stereocenters. The molecule has 0 saturated carbocycles. The Morgan fingerprint density at radius 3 is 3.14 bits per heavy atom. The SMILES string of the molecule is CCC(CNC(=O)C1COCCN1)Oc1cccc(F)c1. The minimum atomic E-state index is -0.338. The van der Waals surface area contributed by atoms with Gasteiger partial charge in [-0.05, 0) is 18.6 Å². The summed E-state index contributed by atoms with van der Waals surface area (Å²) < 4.78 is 24.0. The maximum absolute atomic E-state index is 13.1. The van der Waals surface area contributed by atoms with Gasteiger partial charge in [-0.25, -0.2) is 4.39 Å². The lowest BCUT2D eigenvalue weighted by molar-refractivity contribution is -0.126. The third-order valence-electron chi connectivity index (χ3n) is 3.30. The zero-order chi connectivity index (χ0) is 15.1. The number of ether oxygens (including phenoxy) is 2. The van der Waals surface area contributed by atoms with E-state index in [2.05, 4.69) is 10.6 Å². The van der Waals surface area contributed by atoms with Gasteiger partial charge in [0.1, 0.15) is 23.7 Å². The molecule has 1 aliphatic heterocycles. The summed E-state index contributed by atoms with van der Waals surface area (Å²) in [4.78, 5) is 12.0. The molecule has 0 aliphatic carbocycles. The lowest BCUT2D eigenvalue weighted by Gasteiger charge is -2.24. The smallest absolute Gasteiger partial charge is 0.239 e. The molecule has 2 N–H and O–H groups in total. The van der Waals surface area contributed by atoms with E-state index in [9.17, 15) is 9.18 Å². The van der Waals surface area contributed by atoms with Crippen molar-refractivity contribution in [2.75, 3.05) is 26.3 Å². The van der Waals surface area contributed by atoms with Crippen molar-refractivity contribution in [3.63, 3.8) is 0 Å². The first-order chi connectivity index (χ1) is 10.2.